The van der Waals surface area contributed by atoms with Gasteiger partial charge in [0.25, 0.3) is 5.56 Å². The summed E-state index contributed by atoms with van der Waals surface area (Å²) >= 11 is 1.30. The third-order valence-corrected chi connectivity index (χ3v) is 5.67. The van der Waals surface area contributed by atoms with Gasteiger partial charge in [-0.1, -0.05) is 41.6 Å². The molecule has 4 rings (SSSR count). The monoisotopic (exact) mass is 366 g/mol. The fourth-order valence-corrected chi connectivity index (χ4v) is 4.24. The molecule has 0 spiro atoms. The van der Waals surface area contributed by atoms with Gasteiger partial charge in [-0.05, 0) is 37.6 Å². The summed E-state index contributed by atoms with van der Waals surface area (Å²) in [6.45, 7) is 4.41. The first kappa shape index (κ1) is 16.8. The fraction of sp³-hybridized carbons (Fsp3) is 0.250. The van der Waals surface area contributed by atoms with Crippen molar-refractivity contribution in [2.24, 2.45) is 0 Å². The van der Waals surface area contributed by atoms with Crippen LogP contribution < -0.4 is 5.56 Å². The number of aromatic nitrogens is 2. The lowest BCUT2D eigenvalue weighted by Crippen LogP contribution is -2.24. The Bertz CT molecular complexity index is 1070. The quantitative estimate of drug-likeness (QED) is 0.525. The Balaban J connectivity index is 1.96. The fourth-order valence-electron chi connectivity index (χ4n) is 3.17. The van der Waals surface area contributed by atoms with Gasteiger partial charge in [0.2, 0.25) is 0 Å². The molecular weight excluding hydrogens is 348 g/mol. The van der Waals surface area contributed by atoms with E-state index in [9.17, 15) is 9.59 Å². The summed E-state index contributed by atoms with van der Waals surface area (Å²) in [5.41, 5.74) is 3.40. The molecular formula is C20H18N2O3S. The minimum absolute atomic E-state index is 0.128. The van der Waals surface area contributed by atoms with Crippen molar-refractivity contribution in [1.29, 1.82) is 0 Å². The summed E-state index contributed by atoms with van der Waals surface area (Å²) < 4.78 is 6.68. The Morgan fingerprint density at radius 1 is 1.15 bits per heavy atom. The lowest BCUT2D eigenvalue weighted by Gasteiger charge is -2.16. The van der Waals surface area contributed by atoms with E-state index >= 15 is 0 Å². The average molecular weight is 366 g/mol. The van der Waals surface area contributed by atoms with E-state index in [-0.39, 0.29) is 16.8 Å². The SMILES string of the molecule is Cc1ccc(-n2c(S[C@H]3CCOC3=O)nc3ccccc3c2=O)c(C)c1. The number of ether oxygens (including phenoxy) is 1. The number of rotatable bonds is 3. The number of carbonyl (C=O) groups excluding carboxylic acids is 1. The van der Waals surface area contributed by atoms with E-state index < -0.39 is 0 Å². The minimum Gasteiger partial charge on any atom is -0.465 e. The molecule has 0 aliphatic carbocycles. The maximum atomic E-state index is 13.2. The average Bonchev–Trinajstić information content (AvgIpc) is 3.01. The molecule has 0 unspecified atom stereocenters. The minimum atomic E-state index is -0.333. The first-order chi connectivity index (χ1) is 12.5. The van der Waals surface area contributed by atoms with Crippen LogP contribution in [-0.2, 0) is 9.53 Å². The van der Waals surface area contributed by atoms with E-state index in [2.05, 4.69) is 0 Å². The highest BCUT2D eigenvalue weighted by Gasteiger charge is 2.30. The first-order valence-corrected chi connectivity index (χ1v) is 9.35. The summed E-state index contributed by atoms with van der Waals surface area (Å²) in [6, 6.07) is 13.2. The molecule has 6 heteroatoms. The van der Waals surface area contributed by atoms with Crippen molar-refractivity contribution in [3.8, 4) is 5.69 Å². The molecule has 1 saturated heterocycles. The molecule has 1 aliphatic heterocycles. The molecule has 3 aromatic rings. The zero-order valence-corrected chi connectivity index (χ0v) is 15.4. The van der Waals surface area contributed by atoms with Crippen LogP contribution >= 0.6 is 11.8 Å². The number of nitrogens with zero attached hydrogens (tertiary/aromatic N) is 2. The van der Waals surface area contributed by atoms with Gasteiger partial charge in [0.15, 0.2) is 5.16 Å². The molecule has 2 aromatic carbocycles. The molecule has 0 N–H and O–H groups in total. The van der Waals surface area contributed by atoms with Gasteiger partial charge in [0, 0.05) is 6.42 Å². The van der Waals surface area contributed by atoms with E-state index in [1.165, 1.54) is 11.8 Å². The van der Waals surface area contributed by atoms with Gasteiger partial charge in [0.05, 0.1) is 23.2 Å². The number of cyclic esters (lactones) is 1. The molecule has 2 heterocycles. The summed E-state index contributed by atoms with van der Waals surface area (Å²) in [4.78, 5) is 29.9. The largest absolute Gasteiger partial charge is 0.465 e. The molecule has 1 aliphatic rings. The molecule has 0 saturated carbocycles. The first-order valence-electron chi connectivity index (χ1n) is 8.47. The van der Waals surface area contributed by atoms with Crippen molar-refractivity contribution >= 4 is 28.6 Å². The zero-order valence-electron chi connectivity index (χ0n) is 14.6. The Labute approximate surface area is 155 Å². The van der Waals surface area contributed by atoms with Gasteiger partial charge in [-0.15, -0.1) is 0 Å². The Morgan fingerprint density at radius 2 is 1.96 bits per heavy atom. The molecule has 1 aromatic heterocycles. The highest BCUT2D eigenvalue weighted by atomic mass is 32.2. The van der Waals surface area contributed by atoms with Crippen molar-refractivity contribution < 1.29 is 9.53 Å². The second-order valence-electron chi connectivity index (χ2n) is 6.40. The number of hydrogen-bond acceptors (Lipinski definition) is 5. The highest BCUT2D eigenvalue weighted by molar-refractivity contribution is 8.00. The predicted octanol–water partition coefficient (Wildman–Crippen LogP) is 3.41. The van der Waals surface area contributed by atoms with E-state index in [4.69, 9.17) is 9.72 Å². The van der Waals surface area contributed by atoms with Crippen LogP contribution in [0, 0.1) is 13.8 Å². The van der Waals surface area contributed by atoms with Crippen LogP contribution in [0.25, 0.3) is 16.6 Å². The van der Waals surface area contributed by atoms with E-state index in [1.54, 1.807) is 10.6 Å². The number of benzene rings is 2. The molecule has 1 fully saturated rings. The maximum absolute atomic E-state index is 13.2. The standard InChI is InChI=1S/C20H18N2O3S/c1-12-7-8-16(13(2)11-12)22-18(23)14-5-3-4-6-15(14)21-20(22)26-17-9-10-25-19(17)24/h3-8,11,17H,9-10H2,1-2H3/t17-/m0/s1. The normalized spacial score (nSPS) is 16.8. The van der Waals surface area contributed by atoms with Crippen LogP contribution in [0.5, 0.6) is 0 Å². The van der Waals surface area contributed by atoms with Gasteiger partial charge >= 0.3 is 5.97 Å². The van der Waals surface area contributed by atoms with Crippen molar-refractivity contribution in [1.82, 2.24) is 9.55 Å². The van der Waals surface area contributed by atoms with Gasteiger partial charge in [-0.25, -0.2) is 4.98 Å². The summed E-state index contributed by atoms with van der Waals surface area (Å²) in [7, 11) is 0. The number of fused-ring (bicyclic) bond motifs is 1. The second-order valence-corrected chi connectivity index (χ2v) is 7.57. The molecule has 0 amide bonds. The molecule has 1 atom stereocenters. The third kappa shape index (κ3) is 2.90. The van der Waals surface area contributed by atoms with E-state index in [1.807, 2.05) is 50.2 Å². The van der Waals surface area contributed by atoms with E-state index in [0.717, 1.165) is 16.8 Å². The number of para-hydroxylation sites is 1. The number of carbonyl (C=O) groups is 1. The number of aryl methyl sites for hydroxylation is 2. The smallest absolute Gasteiger partial charge is 0.319 e. The van der Waals surface area contributed by atoms with Gasteiger partial charge in [-0.2, -0.15) is 0 Å². The highest BCUT2D eigenvalue weighted by Crippen LogP contribution is 2.30. The van der Waals surface area contributed by atoms with Crippen LogP contribution in [0.1, 0.15) is 17.5 Å². The summed E-state index contributed by atoms with van der Waals surface area (Å²) in [6.07, 6.45) is 0.624. The Hall–Kier alpha value is -2.60. The Morgan fingerprint density at radius 3 is 2.69 bits per heavy atom. The Kier molecular flexibility index (Phi) is 4.28. The van der Waals surface area contributed by atoms with Gasteiger partial charge in [-0.3, -0.25) is 14.2 Å². The zero-order chi connectivity index (χ0) is 18.3. The van der Waals surface area contributed by atoms with Crippen LogP contribution in [0.15, 0.2) is 52.4 Å². The second kappa shape index (κ2) is 6.61. The summed E-state index contributed by atoms with van der Waals surface area (Å²) in [5, 5.41) is 0.746. The van der Waals surface area contributed by atoms with Crippen LogP contribution in [0.4, 0.5) is 0 Å². The molecule has 0 radical (unpaired) electrons. The lowest BCUT2D eigenvalue weighted by molar-refractivity contribution is -0.137. The van der Waals surface area contributed by atoms with Crippen molar-refractivity contribution in [3.63, 3.8) is 0 Å². The van der Waals surface area contributed by atoms with Crippen molar-refractivity contribution in [2.75, 3.05) is 6.61 Å². The lowest BCUT2D eigenvalue weighted by atomic mass is 10.1. The topological polar surface area (TPSA) is 61.2 Å². The van der Waals surface area contributed by atoms with E-state index in [0.29, 0.717) is 29.1 Å². The third-order valence-electron chi connectivity index (χ3n) is 4.47. The number of hydrogen-bond donors (Lipinski definition) is 0. The van der Waals surface area contributed by atoms with Crippen LogP contribution in [0.2, 0.25) is 0 Å². The molecule has 5 nitrogen and oxygen atoms in total. The van der Waals surface area contributed by atoms with Crippen LogP contribution in [-0.4, -0.2) is 27.4 Å². The molecule has 26 heavy (non-hydrogen) atoms. The van der Waals surface area contributed by atoms with Gasteiger partial charge < -0.3 is 4.74 Å². The van der Waals surface area contributed by atoms with Gasteiger partial charge in [0.1, 0.15) is 5.25 Å². The summed E-state index contributed by atoms with van der Waals surface area (Å²) in [5.74, 6) is -0.246. The maximum Gasteiger partial charge on any atom is 0.319 e. The van der Waals surface area contributed by atoms with Crippen molar-refractivity contribution in [2.45, 2.75) is 30.7 Å². The number of esters is 1. The van der Waals surface area contributed by atoms with Crippen molar-refractivity contribution in [3.05, 3.63) is 63.9 Å². The molecule has 132 valence electrons. The van der Waals surface area contributed by atoms with Crippen LogP contribution in [0.3, 0.4) is 0 Å². The molecule has 0 bridgehead atoms. The number of thioether (sulfide) groups is 1. The predicted molar refractivity (Wildman–Crippen MR) is 102 cm³/mol.